The normalized spacial score (nSPS) is 11.0. The number of imidazole rings is 1. The van der Waals surface area contributed by atoms with Crippen molar-refractivity contribution < 1.29 is 4.74 Å². The zero-order chi connectivity index (χ0) is 15.8. The molecule has 0 fully saturated rings. The number of aromatic nitrogens is 4. The zero-order valence-corrected chi connectivity index (χ0v) is 13.8. The van der Waals surface area contributed by atoms with Crippen LogP contribution < -0.4 is 4.74 Å². The summed E-state index contributed by atoms with van der Waals surface area (Å²) >= 11 is 13.3. The highest BCUT2D eigenvalue weighted by Gasteiger charge is 2.12. The third kappa shape index (κ3) is 2.88. The Morgan fingerprint density at radius 3 is 2.83 bits per heavy atom. The predicted octanol–water partition coefficient (Wildman–Crippen LogP) is 4.95. The fourth-order valence-electron chi connectivity index (χ4n) is 2.03. The fourth-order valence-corrected chi connectivity index (χ4v) is 3.22. The molecule has 0 N–H and O–H groups in total. The highest BCUT2D eigenvalue weighted by molar-refractivity contribution is 7.18. The van der Waals surface area contributed by atoms with E-state index in [9.17, 15) is 0 Å². The van der Waals surface area contributed by atoms with Crippen LogP contribution in [0.3, 0.4) is 0 Å². The molecule has 4 aromatic rings. The van der Waals surface area contributed by atoms with E-state index in [0.29, 0.717) is 21.0 Å². The minimum atomic E-state index is 0.432. The van der Waals surface area contributed by atoms with Crippen LogP contribution in [-0.4, -0.2) is 19.6 Å². The highest BCUT2D eigenvalue weighted by Crippen LogP contribution is 2.34. The lowest BCUT2D eigenvalue weighted by molar-refractivity contribution is 0.471. The van der Waals surface area contributed by atoms with Crippen molar-refractivity contribution in [3.8, 4) is 22.2 Å². The second-order valence-electron chi connectivity index (χ2n) is 4.64. The monoisotopic (exact) mass is 362 g/mol. The molecule has 0 spiro atoms. The van der Waals surface area contributed by atoms with Crippen LogP contribution in [0.25, 0.3) is 16.2 Å². The number of rotatable bonds is 3. The molecule has 5 nitrogen and oxygen atoms in total. The molecule has 0 saturated carbocycles. The Balaban J connectivity index is 1.64. The van der Waals surface area contributed by atoms with E-state index in [1.54, 1.807) is 35.1 Å². The molecule has 0 unspecified atom stereocenters. The average Bonchev–Trinajstić information content (AvgIpc) is 3.09. The van der Waals surface area contributed by atoms with Crippen molar-refractivity contribution in [2.45, 2.75) is 0 Å². The molecular formula is C15H8Cl2N4OS. The van der Waals surface area contributed by atoms with Gasteiger partial charge in [0.25, 0.3) is 5.19 Å². The van der Waals surface area contributed by atoms with Gasteiger partial charge in [0.1, 0.15) is 5.75 Å². The van der Waals surface area contributed by atoms with Crippen LogP contribution in [0, 0.1) is 0 Å². The first-order valence-electron chi connectivity index (χ1n) is 6.58. The molecule has 0 bridgehead atoms. The van der Waals surface area contributed by atoms with Gasteiger partial charge < -0.3 is 4.74 Å². The molecule has 3 aromatic heterocycles. The summed E-state index contributed by atoms with van der Waals surface area (Å²) in [7, 11) is 0. The van der Waals surface area contributed by atoms with Crippen LogP contribution >= 0.6 is 34.5 Å². The topological polar surface area (TPSA) is 52.3 Å². The molecular weight excluding hydrogens is 355 g/mol. The molecule has 0 aliphatic heterocycles. The van der Waals surface area contributed by atoms with Crippen LogP contribution in [0.2, 0.25) is 10.0 Å². The van der Waals surface area contributed by atoms with Gasteiger partial charge in [0.05, 0.1) is 16.9 Å². The molecule has 114 valence electrons. The van der Waals surface area contributed by atoms with E-state index in [2.05, 4.69) is 15.1 Å². The summed E-state index contributed by atoms with van der Waals surface area (Å²) in [4.78, 5) is 9.34. The van der Waals surface area contributed by atoms with Crippen LogP contribution in [0.4, 0.5) is 0 Å². The smallest absolute Gasteiger partial charge is 0.299 e. The molecule has 0 radical (unpaired) electrons. The number of halogens is 2. The van der Waals surface area contributed by atoms with Gasteiger partial charge in [-0.3, -0.25) is 4.98 Å². The van der Waals surface area contributed by atoms with Gasteiger partial charge in [-0.05, 0) is 41.7 Å². The van der Waals surface area contributed by atoms with Crippen molar-refractivity contribution in [1.82, 2.24) is 19.6 Å². The Morgan fingerprint density at radius 2 is 2.09 bits per heavy atom. The Kier molecular flexibility index (Phi) is 3.65. The van der Waals surface area contributed by atoms with Crippen molar-refractivity contribution in [3.05, 3.63) is 59.0 Å². The molecule has 0 saturated heterocycles. The van der Waals surface area contributed by atoms with E-state index in [1.165, 1.54) is 11.3 Å². The molecule has 4 rings (SSSR count). The number of hydrogen-bond acceptors (Lipinski definition) is 5. The van der Waals surface area contributed by atoms with Crippen LogP contribution in [0.15, 0.2) is 48.9 Å². The summed E-state index contributed by atoms with van der Waals surface area (Å²) in [5.74, 6) is 0.501. The Bertz CT molecular complexity index is 952. The lowest BCUT2D eigenvalue weighted by Gasteiger charge is -2.03. The van der Waals surface area contributed by atoms with Crippen molar-refractivity contribution in [2.24, 2.45) is 0 Å². The van der Waals surface area contributed by atoms with Crippen molar-refractivity contribution in [1.29, 1.82) is 0 Å². The first-order valence-corrected chi connectivity index (χ1v) is 8.16. The fraction of sp³-hybridized carbons (Fsp3) is 0. The molecule has 0 aliphatic carbocycles. The van der Waals surface area contributed by atoms with Crippen molar-refractivity contribution in [3.63, 3.8) is 0 Å². The van der Waals surface area contributed by atoms with Crippen LogP contribution in [-0.2, 0) is 0 Å². The number of benzene rings is 1. The molecule has 0 aliphatic rings. The Morgan fingerprint density at radius 1 is 1.17 bits per heavy atom. The number of pyridine rings is 1. The standard InChI is InChI=1S/C15H8Cl2N4OS/c16-10-3-4-13(11(17)6-10)22-15-20-21-8-12(19-14(21)23-15)9-2-1-5-18-7-9/h1-8H. The van der Waals surface area contributed by atoms with E-state index in [0.717, 1.165) is 16.2 Å². The number of nitrogens with zero attached hydrogens (tertiary/aromatic N) is 4. The van der Waals surface area contributed by atoms with Crippen LogP contribution in [0.1, 0.15) is 0 Å². The van der Waals surface area contributed by atoms with E-state index in [1.807, 2.05) is 18.3 Å². The third-order valence-corrected chi connectivity index (χ3v) is 4.40. The van der Waals surface area contributed by atoms with Crippen LogP contribution in [0.5, 0.6) is 10.9 Å². The number of ether oxygens (including phenoxy) is 1. The summed E-state index contributed by atoms with van der Waals surface area (Å²) in [6.45, 7) is 0. The van der Waals surface area contributed by atoms with E-state index in [4.69, 9.17) is 27.9 Å². The summed E-state index contributed by atoms with van der Waals surface area (Å²) < 4.78 is 7.37. The van der Waals surface area contributed by atoms with Gasteiger partial charge in [-0.1, -0.05) is 23.2 Å². The molecule has 23 heavy (non-hydrogen) atoms. The SMILES string of the molecule is Clc1ccc(Oc2nn3cc(-c4cccnc4)nc3s2)c(Cl)c1. The summed E-state index contributed by atoms with van der Waals surface area (Å²) in [5.41, 5.74) is 1.75. The van der Waals surface area contributed by atoms with E-state index in [-0.39, 0.29) is 0 Å². The lowest BCUT2D eigenvalue weighted by atomic mass is 10.2. The maximum absolute atomic E-state index is 6.10. The average molecular weight is 363 g/mol. The molecule has 8 heteroatoms. The minimum Gasteiger partial charge on any atom is -0.428 e. The first kappa shape index (κ1) is 14.4. The van der Waals surface area contributed by atoms with Crippen molar-refractivity contribution >= 4 is 39.5 Å². The maximum atomic E-state index is 6.10. The van der Waals surface area contributed by atoms with Gasteiger partial charge in [0.15, 0.2) is 0 Å². The van der Waals surface area contributed by atoms with E-state index >= 15 is 0 Å². The molecule has 0 amide bonds. The summed E-state index contributed by atoms with van der Waals surface area (Å²) in [5, 5.41) is 5.79. The summed E-state index contributed by atoms with van der Waals surface area (Å²) in [6.07, 6.45) is 5.32. The predicted molar refractivity (Wildman–Crippen MR) is 90.6 cm³/mol. The third-order valence-electron chi connectivity index (χ3n) is 3.07. The van der Waals surface area contributed by atoms with Gasteiger partial charge in [0, 0.05) is 23.0 Å². The number of fused-ring (bicyclic) bond motifs is 1. The first-order chi connectivity index (χ1) is 11.2. The van der Waals surface area contributed by atoms with Gasteiger partial charge >= 0.3 is 0 Å². The molecule has 3 heterocycles. The van der Waals surface area contributed by atoms with Gasteiger partial charge in [0.2, 0.25) is 4.96 Å². The number of hydrogen-bond donors (Lipinski definition) is 0. The zero-order valence-electron chi connectivity index (χ0n) is 11.5. The second kappa shape index (κ2) is 5.81. The maximum Gasteiger partial charge on any atom is 0.299 e. The minimum absolute atomic E-state index is 0.432. The Labute approximate surface area is 145 Å². The van der Waals surface area contributed by atoms with Crippen molar-refractivity contribution in [2.75, 3.05) is 0 Å². The quantitative estimate of drug-likeness (QED) is 0.517. The summed E-state index contributed by atoms with van der Waals surface area (Å²) in [6, 6.07) is 8.85. The molecule has 1 aromatic carbocycles. The Hall–Kier alpha value is -2.15. The largest absolute Gasteiger partial charge is 0.428 e. The van der Waals surface area contributed by atoms with Gasteiger partial charge in [-0.15, -0.1) is 5.10 Å². The second-order valence-corrected chi connectivity index (χ2v) is 6.40. The van der Waals surface area contributed by atoms with Gasteiger partial charge in [-0.25, -0.2) is 9.50 Å². The van der Waals surface area contributed by atoms with E-state index < -0.39 is 0 Å². The highest BCUT2D eigenvalue weighted by atomic mass is 35.5. The van der Waals surface area contributed by atoms with Gasteiger partial charge in [-0.2, -0.15) is 0 Å². The lowest BCUT2D eigenvalue weighted by Crippen LogP contribution is -1.87. The molecule has 0 atom stereocenters.